The van der Waals surface area contributed by atoms with Gasteiger partial charge in [0.05, 0.1) is 0 Å². The van der Waals surface area contributed by atoms with Crippen molar-refractivity contribution in [1.29, 1.82) is 0 Å². The molecule has 0 saturated carbocycles. The van der Waals surface area contributed by atoms with Crippen LogP contribution in [0.3, 0.4) is 0 Å². The summed E-state index contributed by atoms with van der Waals surface area (Å²) in [6.07, 6.45) is 3.54. The maximum absolute atomic E-state index is 9.62. The van der Waals surface area contributed by atoms with Crippen molar-refractivity contribution in [3.63, 3.8) is 0 Å². The molecule has 1 atom stereocenters. The van der Waals surface area contributed by atoms with Crippen LogP contribution in [0.1, 0.15) is 25.3 Å². The molecule has 1 rings (SSSR count). The fraction of sp³-hybridized carbons (Fsp3) is 0.444. The lowest BCUT2D eigenvalue weighted by Crippen LogP contribution is -2.05. The first-order chi connectivity index (χ1) is 5.61. The molecule has 66 valence electrons. The molecule has 1 aromatic heterocycles. The monoisotopic (exact) mass is 166 g/mol. The van der Waals surface area contributed by atoms with Crippen LogP contribution in [0.2, 0.25) is 0 Å². The Bertz CT molecular complexity index is 278. The molecule has 3 nitrogen and oxygen atoms in total. The number of aliphatic hydroxyl groups excluding tert-OH is 1. The summed E-state index contributed by atoms with van der Waals surface area (Å²) in [5, 5.41) is 9.62. The minimum Gasteiger partial charge on any atom is -0.385 e. The predicted molar refractivity (Wildman–Crippen MR) is 47.6 cm³/mol. The molecule has 0 aliphatic carbocycles. The van der Waals surface area contributed by atoms with E-state index in [1.807, 2.05) is 24.7 Å². The quantitative estimate of drug-likeness (QED) is 0.689. The lowest BCUT2D eigenvalue weighted by Gasteiger charge is -2.09. The molecule has 1 unspecified atom stereocenters. The largest absolute Gasteiger partial charge is 0.385 e. The van der Waals surface area contributed by atoms with Gasteiger partial charge >= 0.3 is 0 Å². The smallest absolute Gasteiger partial charge is 0.137 e. The van der Waals surface area contributed by atoms with Gasteiger partial charge in [-0.2, -0.15) is 0 Å². The molecule has 0 aliphatic heterocycles. The molecule has 0 amide bonds. The van der Waals surface area contributed by atoms with Crippen LogP contribution in [0, 0.1) is 0 Å². The summed E-state index contributed by atoms with van der Waals surface area (Å²) >= 11 is 0. The maximum Gasteiger partial charge on any atom is 0.137 e. The van der Waals surface area contributed by atoms with Gasteiger partial charge in [-0.25, -0.2) is 4.98 Å². The van der Waals surface area contributed by atoms with Gasteiger partial charge in [-0.3, -0.25) is 0 Å². The van der Waals surface area contributed by atoms with Gasteiger partial charge in [0.25, 0.3) is 0 Å². The fourth-order valence-electron chi connectivity index (χ4n) is 1.12. The Morgan fingerprint density at radius 1 is 1.83 bits per heavy atom. The van der Waals surface area contributed by atoms with Gasteiger partial charge in [0.15, 0.2) is 0 Å². The zero-order chi connectivity index (χ0) is 9.14. The SMILES string of the molecule is C=C(C)CC(O)c1nccn1C. The molecule has 0 aliphatic rings. The van der Waals surface area contributed by atoms with Crippen LogP contribution in [0.5, 0.6) is 0 Å². The van der Waals surface area contributed by atoms with Crippen molar-refractivity contribution in [2.45, 2.75) is 19.4 Å². The number of aryl methyl sites for hydroxylation is 1. The number of aliphatic hydroxyl groups is 1. The third-order valence-corrected chi connectivity index (χ3v) is 1.70. The van der Waals surface area contributed by atoms with Crippen LogP contribution in [0.4, 0.5) is 0 Å². The molecule has 0 bridgehead atoms. The number of hydrogen-bond acceptors (Lipinski definition) is 2. The average molecular weight is 166 g/mol. The van der Waals surface area contributed by atoms with Crippen LogP contribution in [0.25, 0.3) is 0 Å². The van der Waals surface area contributed by atoms with Crippen LogP contribution in [0.15, 0.2) is 24.5 Å². The summed E-state index contributed by atoms with van der Waals surface area (Å²) in [7, 11) is 1.87. The Morgan fingerprint density at radius 3 is 2.92 bits per heavy atom. The first-order valence-corrected chi connectivity index (χ1v) is 3.91. The molecule has 0 radical (unpaired) electrons. The molecule has 0 spiro atoms. The van der Waals surface area contributed by atoms with Gasteiger partial charge in [-0.05, 0) is 6.92 Å². The molecular weight excluding hydrogens is 152 g/mol. The van der Waals surface area contributed by atoms with E-state index in [-0.39, 0.29) is 0 Å². The van der Waals surface area contributed by atoms with Gasteiger partial charge in [-0.15, -0.1) is 6.58 Å². The van der Waals surface area contributed by atoms with E-state index >= 15 is 0 Å². The summed E-state index contributed by atoms with van der Waals surface area (Å²) in [6, 6.07) is 0. The Hall–Kier alpha value is -1.09. The van der Waals surface area contributed by atoms with E-state index in [0.29, 0.717) is 12.2 Å². The Labute approximate surface area is 72.4 Å². The topological polar surface area (TPSA) is 38.1 Å². The van der Waals surface area contributed by atoms with Crippen molar-refractivity contribution in [3.05, 3.63) is 30.4 Å². The molecule has 0 fully saturated rings. The average Bonchev–Trinajstić information content (AvgIpc) is 2.33. The highest BCUT2D eigenvalue weighted by atomic mass is 16.3. The zero-order valence-corrected chi connectivity index (χ0v) is 7.49. The lowest BCUT2D eigenvalue weighted by atomic mass is 10.1. The van der Waals surface area contributed by atoms with Crippen LogP contribution in [-0.2, 0) is 7.05 Å². The van der Waals surface area contributed by atoms with Crippen LogP contribution >= 0.6 is 0 Å². The van der Waals surface area contributed by atoms with Crippen molar-refractivity contribution in [2.24, 2.45) is 7.05 Å². The second kappa shape index (κ2) is 3.54. The van der Waals surface area contributed by atoms with E-state index in [0.717, 1.165) is 5.57 Å². The fourth-order valence-corrected chi connectivity index (χ4v) is 1.12. The van der Waals surface area contributed by atoms with Gasteiger partial charge in [0.1, 0.15) is 11.9 Å². The summed E-state index contributed by atoms with van der Waals surface area (Å²) in [4.78, 5) is 4.04. The highest BCUT2D eigenvalue weighted by molar-refractivity contribution is 5.01. The summed E-state index contributed by atoms with van der Waals surface area (Å²) < 4.78 is 1.81. The zero-order valence-electron chi connectivity index (χ0n) is 7.49. The molecule has 1 N–H and O–H groups in total. The highest BCUT2D eigenvalue weighted by Crippen LogP contribution is 2.17. The Balaban J connectivity index is 2.71. The highest BCUT2D eigenvalue weighted by Gasteiger charge is 2.11. The van der Waals surface area contributed by atoms with Crippen LogP contribution < -0.4 is 0 Å². The van der Waals surface area contributed by atoms with Crippen molar-refractivity contribution in [2.75, 3.05) is 0 Å². The summed E-state index contributed by atoms with van der Waals surface area (Å²) in [5.74, 6) is 0.693. The number of imidazole rings is 1. The van der Waals surface area contributed by atoms with Gasteiger partial charge in [0, 0.05) is 25.9 Å². The predicted octanol–water partition coefficient (Wildman–Crippen LogP) is 1.42. The van der Waals surface area contributed by atoms with Crippen LogP contribution in [-0.4, -0.2) is 14.7 Å². The van der Waals surface area contributed by atoms with Gasteiger partial charge < -0.3 is 9.67 Å². The van der Waals surface area contributed by atoms with E-state index in [4.69, 9.17) is 0 Å². The molecule has 12 heavy (non-hydrogen) atoms. The number of aromatic nitrogens is 2. The molecule has 1 heterocycles. The van der Waals surface area contributed by atoms with Crippen molar-refractivity contribution in [3.8, 4) is 0 Å². The normalized spacial score (nSPS) is 12.9. The Kier molecular flexibility index (Phi) is 2.65. The Morgan fingerprint density at radius 2 is 2.50 bits per heavy atom. The molecule has 0 aromatic carbocycles. The van der Waals surface area contributed by atoms with Crippen molar-refractivity contribution < 1.29 is 5.11 Å². The lowest BCUT2D eigenvalue weighted by molar-refractivity contribution is 0.165. The third-order valence-electron chi connectivity index (χ3n) is 1.70. The minimum absolute atomic E-state index is 0.525. The second-order valence-corrected chi connectivity index (χ2v) is 3.07. The minimum atomic E-state index is -0.525. The molecular formula is C9H14N2O. The van der Waals surface area contributed by atoms with E-state index in [1.54, 1.807) is 6.20 Å². The summed E-state index contributed by atoms with van der Waals surface area (Å²) in [6.45, 7) is 5.63. The molecule has 1 aromatic rings. The van der Waals surface area contributed by atoms with E-state index in [1.165, 1.54) is 0 Å². The maximum atomic E-state index is 9.62. The number of nitrogens with zero attached hydrogens (tertiary/aromatic N) is 2. The van der Waals surface area contributed by atoms with Crippen molar-refractivity contribution in [1.82, 2.24) is 9.55 Å². The van der Waals surface area contributed by atoms with Gasteiger partial charge in [-0.1, -0.05) is 5.57 Å². The molecule has 0 saturated heterocycles. The number of rotatable bonds is 3. The standard InChI is InChI=1S/C9H14N2O/c1-7(2)6-8(12)9-10-4-5-11(9)3/h4-5,8,12H,1,6H2,2-3H3. The molecule has 3 heteroatoms. The van der Waals surface area contributed by atoms with Crippen molar-refractivity contribution >= 4 is 0 Å². The van der Waals surface area contributed by atoms with Gasteiger partial charge in [0.2, 0.25) is 0 Å². The van der Waals surface area contributed by atoms with E-state index in [9.17, 15) is 5.11 Å². The second-order valence-electron chi connectivity index (χ2n) is 3.07. The third kappa shape index (κ3) is 1.95. The van der Waals surface area contributed by atoms with E-state index in [2.05, 4.69) is 11.6 Å². The first kappa shape index (κ1) is 9.00. The first-order valence-electron chi connectivity index (χ1n) is 3.91. The van der Waals surface area contributed by atoms with E-state index < -0.39 is 6.10 Å². The summed E-state index contributed by atoms with van der Waals surface area (Å²) in [5.41, 5.74) is 0.963. The number of hydrogen-bond donors (Lipinski definition) is 1.